The molecular weight excluding hydrogens is 210 g/mol. The Morgan fingerprint density at radius 1 is 1.40 bits per heavy atom. The Morgan fingerprint density at radius 2 is 2.13 bits per heavy atom. The Labute approximate surface area is 95.5 Å². The van der Waals surface area contributed by atoms with Gasteiger partial charge < -0.3 is 10.0 Å². The van der Waals surface area contributed by atoms with Crippen molar-refractivity contribution in [1.29, 1.82) is 0 Å². The number of benzene rings is 1. The molecule has 1 N–H and O–H groups in total. The zero-order chi connectivity index (χ0) is 11.0. The molecule has 0 saturated heterocycles. The fourth-order valence-corrected chi connectivity index (χ4v) is 2.68. The molecule has 1 aliphatic rings. The highest BCUT2D eigenvalue weighted by Gasteiger charge is 2.26. The van der Waals surface area contributed by atoms with Gasteiger partial charge in [-0.15, -0.1) is 0 Å². The Bertz CT molecular complexity index is 376. The summed E-state index contributed by atoms with van der Waals surface area (Å²) in [5.41, 5.74) is 2.15. The monoisotopic (exact) mass is 225 g/mol. The number of hydrogen-bond donors (Lipinski definition) is 1. The van der Waals surface area contributed by atoms with E-state index in [9.17, 15) is 5.11 Å². The van der Waals surface area contributed by atoms with Crippen LogP contribution < -0.4 is 0 Å². The molecule has 1 atom stereocenters. The summed E-state index contributed by atoms with van der Waals surface area (Å²) in [4.78, 5) is 2.17. The molecule has 82 valence electrons. The van der Waals surface area contributed by atoms with Crippen LogP contribution in [-0.4, -0.2) is 24.1 Å². The quantitative estimate of drug-likeness (QED) is 0.795. The van der Waals surface area contributed by atoms with Crippen LogP contribution in [0.1, 0.15) is 30.0 Å². The van der Waals surface area contributed by atoms with Crippen molar-refractivity contribution in [3.63, 3.8) is 0 Å². The van der Waals surface area contributed by atoms with Gasteiger partial charge in [-0.3, -0.25) is 0 Å². The lowest BCUT2D eigenvalue weighted by molar-refractivity contribution is 0.266. The molecule has 0 bridgehead atoms. The van der Waals surface area contributed by atoms with Crippen molar-refractivity contribution in [3.05, 3.63) is 28.3 Å². The van der Waals surface area contributed by atoms with Crippen molar-refractivity contribution >= 4 is 11.6 Å². The van der Waals surface area contributed by atoms with Crippen LogP contribution in [0.3, 0.4) is 0 Å². The molecule has 0 fully saturated rings. The summed E-state index contributed by atoms with van der Waals surface area (Å²) in [6, 6.07) is 3.82. The van der Waals surface area contributed by atoms with Crippen molar-refractivity contribution in [3.8, 4) is 5.75 Å². The maximum Gasteiger partial charge on any atom is 0.119 e. The number of rotatable bonds is 1. The lowest BCUT2D eigenvalue weighted by Gasteiger charge is -2.31. The number of hydrogen-bond acceptors (Lipinski definition) is 2. The van der Waals surface area contributed by atoms with E-state index in [4.69, 9.17) is 11.6 Å². The van der Waals surface area contributed by atoms with Gasteiger partial charge in [-0.25, -0.2) is 0 Å². The number of nitrogens with zero attached hydrogens (tertiary/aromatic N) is 1. The molecule has 1 unspecified atom stereocenters. The van der Waals surface area contributed by atoms with Gasteiger partial charge in [0.25, 0.3) is 0 Å². The topological polar surface area (TPSA) is 23.5 Å². The van der Waals surface area contributed by atoms with Crippen molar-refractivity contribution in [2.24, 2.45) is 0 Å². The summed E-state index contributed by atoms with van der Waals surface area (Å²) in [6.45, 7) is 0. The Balaban J connectivity index is 2.54. The lowest BCUT2D eigenvalue weighted by Crippen LogP contribution is -2.24. The molecule has 0 heterocycles. The predicted molar refractivity (Wildman–Crippen MR) is 62.5 cm³/mol. The fraction of sp³-hybridized carbons (Fsp3) is 0.500. The van der Waals surface area contributed by atoms with E-state index in [1.165, 1.54) is 0 Å². The van der Waals surface area contributed by atoms with Crippen molar-refractivity contribution in [2.75, 3.05) is 14.1 Å². The molecule has 1 aromatic carbocycles. The number of fused-ring (bicyclic) bond motifs is 1. The Morgan fingerprint density at radius 3 is 2.80 bits per heavy atom. The van der Waals surface area contributed by atoms with Gasteiger partial charge >= 0.3 is 0 Å². The minimum absolute atomic E-state index is 0.341. The van der Waals surface area contributed by atoms with Gasteiger partial charge in [-0.1, -0.05) is 11.6 Å². The number of phenolic OH excluding ortho intramolecular Hbond substituents is 1. The van der Waals surface area contributed by atoms with Crippen LogP contribution in [0.25, 0.3) is 0 Å². The van der Waals surface area contributed by atoms with Gasteiger partial charge in [0.2, 0.25) is 0 Å². The van der Waals surface area contributed by atoms with Crippen LogP contribution in [0, 0.1) is 0 Å². The maximum atomic E-state index is 9.80. The van der Waals surface area contributed by atoms with Gasteiger partial charge in [0.15, 0.2) is 0 Å². The minimum Gasteiger partial charge on any atom is -0.508 e. The van der Waals surface area contributed by atoms with Crippen LogP contribution in [-0.2, 0) is 6.42 Å². The molecule has 0 saturated carbocycles. The molecule has 0 spiro atoms. The number of aromatic hydroxyl groups is 1. The zero-order valence-electron chi connectivity index (χ0n) is 9.13. The van der Waals surface area contributed by atoms with Gasteiger partial charge in [0.05, 0.1) is 0 Å². The third-order valence-corrected chi connectivity index (χ3v) is 3.47. The van der Waals surface area contributed by atoms with E-state index in [1.807, 2.05) is 0 Å². The number of phenols is 1. The molecule has 1 aliphatic carbocycles. The van der Waals surface area contributed by atoms with Crippen molar-refractivity contribution in [2.45, 2.75) is 25.3 Å². The Kier molecular flexibility index (Phi) is 2.89. The second-order valence-electron chi connectivity index (χ2n) is 4.33. The minimum atomic E-state index is 0.341. The number of halogens is 1. The third-order valence-electron chi connectivity index (χ3n) is 3.14. The van der Waals surface area contributed by atoms with E-state index >= 15 is 0 Å². The SMILES string of the molecule is CN(C)C1CCCc2c(O)ccc(Cl)c21. The molecular formula is C12H16ClNO. The predicted octanol–water partition coefficient (Wildman–Crippen LogP) is 2.98. The van der Waals surface area contributed by atoms with E-state index in [0.29, 0.717) is 11.8 Å². The summed E-state index contributed by atoms with van der Waals surface area (Å²) in [6.07, 6.45) is 3.17. The fourth-order valence-electron chi connectivity index (χ4n) is 2.38. The molecule has 1 aromatic rings. The molecule has 0 aliphatic heterocycles. The first-order chi connectivity index (χ1) is 7.11. The van der Waals surface area contributed by atoms with Gasteiger partial charge in [0, 0.05) is 16.6 Å². The van der Waals surface area contributed by atoms with E-state index < -0.39 is 0 Å². The van der Waals surface area contributed by atoms with Crippen molar-refractivity contribution < 1.29 is 5.11 Å². The largest absolute Gasteiger partial charge is 0.508 e. The van der Waals surface area contributed by atoms with Gasteiger partial charge in [-0.2, -0.15) is 0 Å². The molecule has 2 rings (SSSR count). The summed E-state index contributed by atoms with van der Waals surface area (Å²) in [7, 11) is 4.11. The van der Waals surface area contributed by atoms with E-state index in [2.05, 4.69) is 19.0 Å². The van der Waals surface area contributed by atoms with Crippen LogP contribution in [0.4, 0.5) is 0 Å². The first kappa shape index (κ1) is 10.8. The average Bonchev–Trinajstić information content (AvgIpc) is 2.23. The van der Waals surface area contributed by atoms with E-state index in [1.54, 1.807) is 12.1 Å². The van der Waals surface area contributed by atoms with Crippen LogP contribution in [0.5, 0.6) is 5.75 Å². The van der Waals surface area contributed by atoms with Crippen LogP contribution >= 0.6 is 11.6 Å². The molecule has 3 heteroatoms. The highest BCUT2D eigenvalue weighted by molar-refractivity contribution is 6.31. The third kappa shape index (κ3) is 1.84. The molecule has 0 aromatic heterocycles. The van der Waals surface area contributed by atoms with E-state index in [0.717, 1.165) is 35.4 Å². The highest BCUT2D eigenvalue weighted by Crippen LogP contribution is 2.41. The first-order valence-corrected chi connectivity index (χ1v) is 5.65. The van der Waals surface area contributed by atoms with Crippen molar-refractivity contribution in [1.82, 2.24) is 4.90 Å². The van der Waals surface area contributed by atoms with Gasteiger partial charge in [0.1, 0.15) is 5.75 Å². The molecule has 15 heavy (non-hydrogen) atoms. The van der Waals surface area contributed by atoms with E-state index in [-0.39, 0.29) is 0 Å². The molecule has 2 nitrogen and oxygen atoms in total. The maximum absolute atomic E-state index is 9.80. The summed E-state index contributed by atoms with van der Waals surface area (Å²) in [5, 5.41) is 10.6. The summed E-state index contributed by atoms with van der Waals surface area (Å²) < 4.78 is 0. The second-order valence-corrected chi connectivity index (χ2v) is 4.74. The summed E-state index contributed by atoms with van der Waals surface area (Å²) in [5.74, 6) is 0.390. The smallest absolute Gasteiger partial charge is 0.119 e. The zero-order valence-corrected chi connectivity index (χ0v) is 9.88. The Hall–Kier alpha value is -0.730. The van der Waals surface area contributed by atoms with Crippen LogP contribution in [0.2, 0.25) is 5.02 Å². The summed E-state index contributed by atoms with van der Waals surface area (Å²) >= 11 is 6.22. The normalized spacial score (nSPS) is 20.4. The first-order valence-electron chi connectivity index (χ1n) is 5.28. The van der Waals surface area contributed by atoms with Crippen LogP contribution in [0.15, 0.2) is 12.1 Å². The molecule has 0 radical (unpaired) electrons. The average molecular weight is 226 g/mol. The molecule has 0 amide bonds. The lowest BCUT2D eigenvalue weighted by atomic mass is 9.86. The highest BCUT2D eigenvalue weighted by atomic mass is 35.5. The van der Waals surface area contributed by atoms with Gasteiger partial charge in [-0.05, 0) is 51.1 Å². The second kappa shape index (κ2) is 4.03. The standard InChI is InChI=1S/C12H16ClNO/c1-14(2)10-5-3-4-8-11(15)7-6-9(13)12(8)10/h6-7,10,15H,3-5H2,1-2H3.